The first-order chi connectivity index (χ1) is 10.0. The van der Waals surface area contributed by atoms with E-state index in [2.05, 4.69) is 5.32 Å². The number of esters is 1. The molecule has 1 aliphatic carbocycles. The number of hydrogen-bond donors (Lipinski definition) is 1. The molecule has 1 aromatic carbocycles. The van der Waals surface area contributed by atoms with Crippen molar-refractivity contribution in [2.24, 2.45) is 5.41 Å². The number of carbonyl (C=O) groups excluding carboxylic acids is 2. The first-order valence-corrected chi connectivity index (χ1v) is 7.92. The monoisotopic (exact) mass is 383 g/mol. The number of anilines is 1. The van der Waals surface area contributed by atoms with Crippen molar-refractivity contribution in [1.29, 1.82) is 0 Å². The summed E-state index contributed by atoms with van der Waals surface area (Å²) in [5.74, 6) is -1.12. The van der Waals surface area contributed by atoms with Crippen LogP contribution >= 0.6 is 46.4 Å². The Morgan fingerprint density at radius 1 is 1.23 bits per heavy atom. The number of amides is 1. The van der Waals surface area contributed by atoms with Crippen LogP contribution in [0.15, 0.2) is 18.2 Å². The van der Waals surface area contributed by atoms with Crippen LogP contribution in [0.2, 0.25) is 10.0 Å². The van der Waals surface area contributed by atoms with E-state index in [0.29, 0.717) is 22.2 Å². The van der Waals surface area contributed by atoms with Crippen LogP contribution in [0.25, 0.3) is 0 Å². The number of benzene rings is 1. The zero-order valence-corrected chi connectivity index (χ0v) is 14.8. The number of carbonyl (C=O) groups is 2. The average molecular weight is 385 g/mol. The van der Waals surface area contributed by atoms with Crippen LogP contribution in [0.3, 0.4) is 0 Å². The summed E-state index contributed by atoms with van der Waals surface area (Å²) in [5.41, 5.74) is -0.573. The number of ether oxygens (including phenoxy) is 1. The number of nitrogens with one attached hydrogen (secondary N) is 1. The number of alkyl halides is 2. The van der Waals surface area contributed by atoms with Crippen molar-refractivity contribution in [3.8, 4) is 0 Å². The third-order valence-electron chi connectivity index (χ3n) is 3.49. The summed E-state index contributed by atoms with van der Waals surface area (Å²) in [6.45, 7) is 3.05. The molecule has 0 spiro atoms. The fourth-order valence-electron chi connectivity index (χ4n) is 1.84. The second-order valence-electron chi connectivity index (χ2n) is 5.41. The minimum Gasteiger partial charge on any atom is -0.452 e. The predicted octanol–water partition coefficient (Wildman–Crippen LogP) is 4.45. The van der Waals surface area contributed by atoms with Crippen molar-refractivity contribution in [2.45, 2.75) is 30.7 Å². The van der Waals surface area contributed by atoms with Gasteiger partial charge in [-0.1, -0.05) is 23.2 Å². The molecule has 4 nitrogen and oxygen atoms in total. The maximum atomic E-state index is 12.0. The molecule has 0 heterocycles. The third kappa shape index (κ3) is 3.62. The van der Waals surface area contributed by atoms with E-state index in [0.717, 1.165) is 0 Å². The minimum absolute atomic E-state index is 0.292. The normalized spacial score (nSPS) is 23.5. The van der Waals surface area contributed by atoms with Crippen molar-refractivity contribution in [3.63, 3.8) is 0 Å². The standard InChI is InChI=1S/C14H13Cl4NO3/c1-7(22-12(21)13(2)6-14(13,17)18)11(20)19-10-4-8(15)3-9(16)5-10/h3-5,7H,6H2,1-2H3,(H,19,20)/t7-,13+/m1/s1. The van der Waals surface area contributed by atoms with Gasteiger partial charge in [-0.2, -0.15) is 0 Å². The topological polar surface area (TPSA) is 55.4 Å². The Balaban J connectivity index is 1.97. The molecule has 0 bridgehead atoms. The lowest BCUT2D eigenvalue weighted by molar-refractivity contribution is -0.158. The summed E-state index contributed by atoms with van der Waals surface area (Å²) in [7, 11) is 0. The molecule has 1 saturated carbocycles. The van der Waals surface area contributed by atoms with Crippen LogP contribution in [0, 0.1) is 5.41 Å². The van der Waals surface area contributed by atoms with E-state index in [1.165, 1.54) is 25.1 Å². The predicted molar refractivity (Wildman–Crippen MR) is 87.8 cm³/mol. The van der Waals surface area contributed by atoms with E-state index in [9.17, 15) is 9.59 Å². The van der Waals surface area contributed by atoms with Gasteiger partial charge in [-0.25, -0.2) is 0 Å². The van der Waals surface area contributed by atoms with Gasteiger partial charge in [0.05, 0.1) is 0 Å². The van der Waals surface area contributed by atoms with Gasteiger partial charge in [0.1, 0.15) is 9.75 Å². The summed E-state index contributed by atoms with van der Waals surface area (Å²) in [4.78, 5) is 24.0. The third-order valence-corrected chi connectivity index (χ3v) is 5.03. The molecule has 1 aliphatic rings. The van der Waals surface area contributed by atoms with Gasteiger partial charge in [-0.15, -0.1) is 23.2 Å². The Bertz CT molecular complexity index is 614. The maximum absolute atomic E-state index is 12.0. The Labute approximate surface area is 148 Å². The van der Waals surface area contributed by atoms with Crippen molar-refractivity contribution >= 4 is 64.0 Å². The summed E-state index contributed by atoms with van der Waals surface area (Å²) >= 11 is 23.5. The Hall–Kier alpha value is -0.680. The first kappa shape index (κ1) is 17.7. The second-order valence-corrected chi connectivity index (χ2v) is 7.77. The maximum Gasteiger partial charge on any atom is 0.315 e. The van der Waals surface area contributed by atoms with Gasteiger partial charge in [-0.05, 0) is 32.0 Å². The molecule has 120 valence electrons. The van der Waals surface area contributed by atoms with E-state index < -0.39 is 27.7 Å². The van der Waals surface area contributed by atoms with Crippen molar-refractivity contribution in [2.75, 3.05) is 5.32 Å². The van der Waals surface area contributed by atoms with Gasteiger partial charge in [0.25, 0.3) is 5.91 Å². The quantitative estimate of drug-likeness (QED) is 0.616. The van der Waals surface area contributed by atoms with E-state index in [1.807, 2.05) is 0 Å². The molecule has 0 aliphatic heterocycles. The molecule has 0 aromatic heterocycles. The molecule has 1 N–H and O–H groups in total. The number of rotatable bonds is 4. The number of halogens is 4. The van der Waals surface area contributed by atoms with E-state index in [-0.39, 0.29) is 0 Å². The molecule has 1 aromatic rings. The summed E-state index contributed by atoms with van der Waals surface area (Å²) < 4.78 is 3.98. The minimum atomic E-state index is -1.14. The van der Waals surface area contributed by atoms with Crippen LogP contribution in [0.4, 0.5) is 5.69 Å². The highest BCUT2D eigenvalue weighted by Gasteiger charge is 2.69. The molecular formula is C14H13Cl4NO3. The van der Waals surface area contributed by atoms with E-state index in [4.69, 9.17) is 51.1 Å². The fourth-order valence-corrected chi connectivity index (χ4v) is 3.05. The molecule has 0 radical (unpaired) electrons. The molecule has 2 atom stereocenters. The van der Waals surface area contributed by atoms with Crippen LogP contribution < -0.4 is 5.32 Å². The van der Waals surface area contributed by atoms with Gasteiger partial charge in [-0.3, -0.25) is 9.59 Å². The van der Waals surface area contributed by atoms with Crippen molar-refractivity contribution in [3.05, 3.63) is 28.2 Å². The Kier molecular flexibility index (Phi) is 4.88. The van der Waals surface area contributed by atoms with E-state index in [1.54, 1.807) is 6.92 Å². The smallest absolute Gasteiger partial charge is 0.315 e. The molecule has 8 heteroatoms. The zero-order valence-electron chi connectivity index (χ0n) is 11.8. The molecule has 1 fully saturated rings. The molecule has 0 unspecified atom stereocenters. The lowest BCUT2D eigenvalue weighted by Crippen LogP contribution is -2.33. The molecular weight excluding hydrogens is 372 g/mol. The molecule has 1 amide bonds. The summed E-state index contributed by atoms with van der Waals surface area (Å²) in [6, 6.07) is 4.60. The van der Waals surface area contributed by atoms with Crippen molar-refractivity contribution < 1.29 is 14.3 Å². The fraction of sp³-hybridized carbons (Fsp3) is 0.429. The zero-order chi connectivity index (χ0) is 16.7. The van der Waals surface area contributed by atoms with Gasteiger partial charge in [0, 0.05) is 22.2 Å². The highest BCUT2D eigenvalue weighted by atomic mass is 35.5. The van der Waals surface area contributed by atoms with Gasteiger partial charge < -0.3 is 10.1 Å². The molecule has 2 rings (SSSR count). The highest BCUT2D eigenvalue weighted by molar-refractivity contribution is 6.53. The second kappa shape index (κ2) is 6.08. The van der Waals surface area contributed by atoms with Gasteiger partial charge in [0.2, 0.25) is 0 Å². The Morgan fingerprint density at radius 2 is 1.73 bits per heavy atom. The van der Waals surface area contributed by atoms with Gasteiger partial charge in [0.15, 0.2) is 6.10 Å². The molecule has 22 heavy (non-hydrogen) atoms. The SMILES string of the molecule is C[C@@H](OC(=O)[C@]1(C)CC1(Cl)Cl)C(=O)Nc1cc(Cl)cc(Cl)c1. The largest absolute Gasteiger partial charge is 0.452 e. The van der Waals surface area contributed by atoms with Crippen LogP contribution in [-0.4, -0.2) is 22.3 Å². The van der Waals surface area contributed by atoms with Crippen LogP contribution in [-0.2, 0) is 14.3 Å². The lowest BCUT2D eigenvalue weighted by Gasteiger charge is -2.17. The van der Waals surface area contributed by atoms with Gasteiger partial charge >= 0.3 is 5.97 Å². The first-order valence-electron chi connectivity index (χ1n) is 6.41. The number of hydrogen-bond acceptors (Lipinski definition) is 3. The Morgan fingerprint density at radius 3 is 2.18 bits per heavy atom. The highest BCUT2D eigenvalue weighted by Crippen LogP contribution is 2.64. The molecule has 0 saturated heterocycles. The lowest BCUT2D eigenvalue weighted by atomic mass is 10.1. The summed E-state index contributed by atoms with van der Waals surface area (Å²) in [5, 5.41) is 3.33. The van der Waals surface area contributed by atoms with Crippen molar-refractivity contribution in [1.82, 2.24) is 0 Å². The van der Waals surface area contributed by atoms with E-state index >= 15 is 0 Å². The summed E-state index contributed by atoms with van der Waals surface area (Å²) in [6.07, 6.45) is -0.716. The van der Waals surface area contributed by atoms with Crippen LogP contribution in [0.5, 0.6) is 0 Å². The van der Waals surface area contributed by atoms with Crippen LogP contribution in [0.1, 0.15) is 20.3 Å². The average Bonchev–Trinajstić information content (AvgIpc) is 2.88.